The third-order valence-corrected chi connectivity index (χ3v) is 9.14. The minimum Gasteiger partial charge on any atom is -0.483 e. The largest absolute Gasteiger partial charge is 0.483 e. The zero-order chi connectivity index (χ0) is 24.9. The quantitative estimate of drug-likeness (QED) is 0.529. The monoisotopic (exact) mass is 514 g/mol. The molecule has 11 heteroatoms. The van der Waals surface area contributed by atoms with Crippen LogP contribution in [0.3, 0.4) is 0 Å². The molecule has 3 saturated heterocycles. The van der Waals surface area contributed by atoms with E-state index in [0.717, 1.165) is 17.4 Å². The zero-order valence-electron chi connectivity index (χ0n) is 20.0. The first-order valence-electron chi connectivity index (χ1n) is 11.9. The Morgan fingerprint density at radius 1 is 1.19 bits per heavy atom. The lowest BCUT2D eigenvalue weighted by Gasteiger charge is -2.28. The SMILES string of the molecule is COC1CS(=O)(=Nc2cc(C)c3c(Nc4ccc(F)cc4O[C@@H]4CO[C@@H]5CCOC54)ncnc3c2)C1. The van der Waals surface area contributed by atoms with E-state index in [-0.39, 0.29) is 24.4 Å². The molecule has 3 aliphatic rings. The minimum atomic E-state index is -2.31. The summed E-state index contributed by atoms with van der Waals surface area (Å²) in [4.78, 5) is 8.85. The number of anilines is 2. The molecule has 6 rings (SSSR count). The molecule has 1 aromatic heterocycles. The van der Waals surface area contributed by atoms with Crippen LogP contribution in [-0.2, 0) is 23.9 Å². The van der Waals surface area contributed by atoms with Crippen LogP contribution in [0.15, 0.2) is 41.0 Å². The highest BCUT2D eigenvalue weighted by Crippen LogP contribution is 2.36. The summed E-state index contributed by atoms with van der Waals surface area (Å²) in [5.74, 6) is 1.36. The predicted molar refractivity (Wildman–Crippen MR) is 133 cm³/mol. The van der Waals surface area contributed by atoms with Gasteiger partial charge in [-0.2, -0.15) is 4.36 Å². The van der Waals surface area contributed by atoms with E-state index < -0.39 is 15.5 Å². The molecule has 0 saturated carbocycles. The van der Waals surface area contributed by atoms with Crippen molar-refractivity contribution >= 4 is 37.8 Å². The lowest BCUT2D eigenvalue weighted by molar-refractivity contribution is 0.0310. The van der Waals surface area contributed by atoms with E-state index in [0.29, 0.717) is 53.2 Å². The van der Waals surface area contributed by atoms with Gasteiger partial charge in [-0.05, 0) is 43.2 Å². The molecule has 2 aromatic carbocycles. The van der Waals surface area contributed by atoms with E-state index in [1.807, 2.05) is 13.0 Å². The average Bonchev–Trinajstić information content (AvgIpc) is 3.44. The molecule has 1 unspecified atom stereocenters. The molecule has 36 heavy (non-hydrogen) atoms. The summed E-state index contributed by atoms with van der Waals surface area (Å²) in [7, 11) is -0.688. The Hall–Kier alpha value is -2.86. The number of halogens is 1. The number of aryl methyl sites for hydroxylation is 1. The van der Waals surface area contributed by atoms with E-state index >= 15 is 0 Å². The summed E-state index contributed by atoms with van der Waals surface area (Å²) in [5.41, 5.74) is 2.71. The highest BCUT2D eigenvalue weighted by Gasteiger charge is 2.43. The summed E-state index contributed by atoms with van der Waals surface area (Å²) in [6.07, 6.45) is 1.81. The van der Waals surface area contributed by atoms with Crippen molar-refractivity contribution in [2.75, 3.05) is 37.1 Å². The molecule has 0 aliphatic carbocycles. The fourth-order valence-electron chi connectivity index (χ4n) is 4.97. The van der Waals surface area contributed by atoms with Crippen molar-refractivity contribution in [2.24, 2.45) is 4.36 Å². The minimum absolute atomic E-state index is 0.00466. The van der Waals surface area contributed by atoms with Crippen molar-refractivity contribution in [3.8, 4) is 5.75 Å². The average molecular weight is 515 g/mol. The maximum atomic E-state index is 14.2. The van der Waals surface area contributed by atoms with Crippen LogP contribution in [0.25, 0.3) is 10.9 Å². The van der Waals surface area contributed by atoms with Crippen LogP contribution in [0.5, 0.6) is 5.75 Å². The number of nitrogens with one attached hydrogen (secondary N) is 1. The van der Waals surface area contributed by atoms with Crippen LogP contribution in [0.1, 0.15) is 12.0 Å². The number of methoxy groups -OCH3 is 1. The van der Waals surface area contributed by atoms with Crippen molar-refractivity contribution in [3.63, 3.8) is 0 Å². The first-order chi connectivity index (χ1) is 17.4. The lowest BCUT2D eigenvalue weighted by atomic mass is 10.1. The van der Waals surface area contributed by atoms with Gasteiger partial charge in [0.05, 0.1) is 56.9 Å². The molecular formula is C25H27FN4O5S. The van der Waals surface area contributed by atoms with Crippen molar-refractivity contribution in [2.45, 2.75) is 37.8 Å². The van der Waals surface area contributed by atoms with Gasteiger partial charge in [0.25, 0.3) is 0 Å². The number of ether oxygens (including phenoxy) is 4. The van der Waals surface area contributed by atoms with Gasteiger partial charge in [-0.15, -0.1) is 0 Å². The number of hydrogen-bond acceptors (Lipinski definition) is 9. The van der Waals surface area contributed by atoms with E-state index in [2.05, 4.69) is 19.6 Å². The summed E-state index contributed by atoms with van der Waals surface area (Å²) in [6, 6.07) is 8.01. The lowest BCUT2D eigenvalue weighted by Crippen LogP contribution is -2.42. The molecular weight excluding hydrogens is 487 g/mol. The standard InChI is InChI=1S/C25H27FN4O5S/c1-14-7-16(30-36(31)11-17(12-36)32-2)9-19-23(14)25(28-13-27-19)29-18-4-3-15(26)8-21(18)35-22-10-34-20-5-6-33-24(20)22/h3-4,7-9,13,17,20,22,24H,5-6,10-12H2,1-2H3,(H,27,28,29)/t17?,20-,22-,24?,36?/m1/s1. The van der Waals surface area contributed by atoms with Crippen LogP contribution in [0.4, 0.5) is 21.6 Å². The molecule has 3 aromatic rings. The Labute approximate surface area is 208 Å². The summed E-state index contributed by atoms with van der Waals surface area (Å²) < 4.78 is 54.5. The molecule has 3 aliphatic heterocycles. The first-order valence-corrected chi connectivity index (χ1v) is 13.7. The number of nitrogens with zero attached hydrogens (tertiary/aromatic N) is 3. The maximum Gasteiger partial charge on any atom is 0.151 e. The highest BCUT2D eigenvalue weighted by molar-refractivity contribution is 7.95. The second-order valence-corrected chi connectivity index (χ2v) is 11.7. The smallest absolute Gasteiger partial charge is 0.151 e. The summed E-state index contributed by atoms with van der Waals surface area (Å²) >= 11 is 0. The molecule has 3 atom stereocenters. The number of rotatable bonds is 6. The van der Waals surface area contributed by atoms with E-state index in [1.54, 1.807) is 19.2 Å². The third-order valence-electron chi connectivity index (χ3n) is 6.81. The van der Waals surface area contributed by atoms with Crippen molar-refractivity contribution in [1.82, 2.24) is 9.97 Å². The molecule has 0 bridgehead atoms. The summed E-state index contributed by atoms with van der Waals surface area (Å²) in [5, 5.41) is 4.08. The number of aromatic nitrogens is 2. The Morgan fingerprint density at radius 2 is 2.06 bits per heavy atom. The first kappa shape index (κ1) is 23.5. The van der Waals surface area contributed by atoms with Crippen LogP contribution in [-0.4, -0.2) is 70.4 Å². The Kier molecular flexibility index (Phi) is 6.03. The van der Waals surface area contributed by atoms with Gasteiger partial charge in [-0.25, -0.2) is 18.6 Å². The number of fused-ring (bicyclic) bond motifs is 2. The van der Waals surface area contributed by atoms with Crippen molar-refractivity contribution < 1.29 is 27.5 Å². The van der Waals surface area contributed by atoms with Gasteiger partial charge < -0.3 is 24.3 Å². The van der Waals surface area contributed by atoms with Gasteiger partial charge in [-0.1, -0.05) is 0 Å². The summed E-state index contributed by atoms with van der Waals surface area (Å²) in [6.45, 7) is 2.95. The van der Waals surface area contributed by atoms with Gasteiger partial charge in [0.1, 0.15) is 29.8 Å². The van der Waals surface area contributed by atoms with Gasteiger partial charge in [0, 0.05) is 25.2 Å². The highest BCUT2D eigenvalue weighted by atomic mass is 32.2. The van der Waals surface area contributed by atoms with Gasteiger partial charge in [-0.3, -0.25) is 0 Å². The Morgan fingerprint density at radius 3 is 2.89 bits per heavy atom. The molecule has 4 heterocycles. The number of benzene rings is 2. The van der Waals surface area contributed by atoms with Gasteiger partial charge >= 0.3 is 0 Å². The molecule has 1 N–H and O–H groups in total. The van der Waals surface area contributed by atoms with E-state index in [9.17, 15) is 8.60 Å². The van der Waals surface area contributed by atoms with Crippen molar-refractivity contribution in [3.05, 3.63) is 48.0 Å². The van der Waals surface area contributed by atoms with E-state index in [4.69, 9.17) is 18.9 Å². The predicted octanol–water partition coefficient (Wildman–Crippen LogP) is 3.88. The van der Waals surface area contributed by atoms with Crippen LogP contribution >= 0.6 is 0 Å². The van der Waals surface area contributed by atoms with Crippen LogP contribution < -0.4 is 10.1 Å². The second-order valence-electron chi connectivity index (χ2n) is 9.35. The van der Waals surface area contributed by atoms with Gasteiger partial charge in [0.15, 0.2) is 6.10 Å². The topological polar surface area (TPSA) is 104 Å². The van der Waals surface area contributed by atoms with E-state index in [1.165, 1.54) is 18.5 Å². The molecule has 3 fully saturated rings. The Bertz CT molecular complexity index is 1430. The van der Waals surface area contributed by atoms with Gasteiger partial charge in [0.2, 0.25) is 0 Å². The Balaban J connectivity index is 1.30. The molecule has 190 valence electrons. The zero-order valence-corrected chi connectivity index (χ0v) is 20.8. The third kappa shape index (κ3) is 4.40. The molecule has 0 radical (unpaired) electrons. The second kappa shape index (κ2) is 9.22. The normalized spacial score (nSPS) is 29.1. The maximum absolute atomic E-state index is 14.2. The molecule has 0 amide bonds. The molecule has 0 spiro atoms. The fraction of sp³-hybridized carbons (Fsp3) is 0.440. The van der Waals surface area contributed by atoms with Crippen LogP contribution in [0, 0.1) is 12.7 Å². The molecule has 9 nitrogen and oxygen atoms in total. The number of hydrogen-bond donors (Lipinski definition) is 1. The fourth-order valence-corrected chi connectivity index (χ4v) is 6.95. The van der Waals surface area contributed by atoms with Crippen molar-refractivity contribution in [1.29, 1.82) is 0 Å². The van der Waals surface area contributed by atoms with Crippen LogP contribution in [0.2, 0.25) is 0 Å².